The summed E-state index contributed by atoms with van der Waals surface area (Å²) in [6.45, 7) is 0.738. The van der Waals surface area contributed by atoms with E-state index in [9.17, 15) is 9.59 Å². The summed E-state index contributed by atoms with van der Waals surface area (Å²) < 4.78 is 15.6. The molecule has 0 saturated carbocycles. The molecule has 0 fully saturated rings. The van der Waals surface area contributed by atoms with E-state index in [0.29, 0.717) is 35.1 Å². The van der Waals surface area contributed by atoms with Gasteiger partial charge in [-0.1, -0.05) is 12.1 Å². The number of hydrogen-bond donors (Lipinski definition) is 2. The lowest BCUT2D eigenvalue weighted by atomic mass is 9.95. The summed E-state index contributed by atoms with van der Waals surface area (Å²) in [7, 11) is 2.94. The highest BCUT2D eigenvalue weighted by atomic mass is 32.1. The standard InChI is InChI=1S/C21H24N2O5S2/c1-26-11-12-28-15-9-5-3-7-13(15)18(24)22-21(29)23-19-17(20(25)27-2)14-8-4-6-10-16(14)30-19/h3,5,7,9H,4,6,8,10-12H2,1-2H3,(H2,22,23,24,29). The van der Waals surface area contributed by atoms with Crippen molar-refractivity contribution < 1.29 is 23.8 Å². The Morgan fingerprint density at radius 3 is 2.67 bits per heavy atom. The number of thiocarbonyl (C=S) groups is 1. The number of thiophene rings is 1. The lowest BCUT2D eigenvalue weighted by Crippen LogP contribution is -2.34. The number of rotatable bonds is 7. The lowest BCUT2D eigenvalue weighted by Gasteiger charge is -2.13. The Balaban J connectivity index is 1.73. The molecule has 0 atom stereocenters. The number of ether oxygens (including phenoxy) is 3. The van der Waals surface area contributed by atoms with Gasteiger partial charge < -0.3 is 19.5 Å². The highest BCUT2D eigenvalue weighted by molar-refractivity contribution is 7.80. The number of anilines is 1. The first kappa shape index (κ1) is 22.2. The Kier molecular flexibility index (Phi) is 7.78. The maximum Gasteiger partial charge on any atom is 0.341 e. The fourth-order valence-electron chi connectivity index (χ4n) is 3.29. The number of para-hydroxylation sites is 1. The Morgan fingerprint density at radius 2 is 1.90 bits per heavy atom. The van der Waals surface area contributed by atoms with E-state index in [0.717, 1.165) is 36.1 Å². The predicted molar refractivity (Wildman–Crippen MR) is 120 cm³/mol. The molecule has 1 amide bonds. The quantitative estimate of drug-likeness (QED) is 0.380. The molecule has 0 bridgehead atoms. The number of amides is 1. The van der Waals surface area contributed by atoms with E-state index < -0.39 is 11.9 Å². The van der Waals surface area contributed by atoms with Gasteiger partial charge in [0.05, 0.1) is 24.8 Å². The van der Waals surface area contributed by atoms with Gasteiger partial charge >= 0.3 is 5.97 Å². The third-order valence-electron chi connectivity index (χ3n) is 4.69. The number of esters is 1. The van der Waals surface area contributed by atoms with Gasteiger partial charge in [0.25, 0.3) is 5.91 Å². The van der Waals surface area contributed by atoms with Crippen molar-refractivity contribution in [2.45, 2.75) is 25.7 Å². The molecule has 1 aromatic heterocycles. The van der Waals surface area contributed by atoms with E-state index in [1.807, 2.05) is 0 Å². The molecule has 1 aliphatic carbocycles. The fourth-order valence-corrected chi connectivity index (χ4v) is 4.83. The van der Waals surface area contributed by atoms with E-state index >= 15 is 0 Å². The Hall–Kier alpha value is -2.49. The van der Waals surface area contributed by atoms with Crippen molar-refractivity contribution in [2.75, 3.05) is 32.8 Å². The number of fused-ring (bicyclic) bond motifs is 1. The van der Waals surface area contributed by atoms with Crippen molar-refractivity contribution >= 4 is 45.5 Å². The lowest BCUT2D eigenvalue weighted by molar-refractivity contribution is 0.0601. The largest absolute Gasteiger partial charge is 0.490 e. The van der Waals surface area contributed by atoms with Crippen LogP contribution >= 0.6 is 23.6 Å². The van der Waals surface area contributed by atoms with Crippen LogP contribution in [0.4, 0.5) is 5.00 Å². The summed E-state index contributed by atoms with van der Waals surface area (Å²) in [6.07, 6.45) is 3.89. The molecule has 2 aromatic rings. The van der Waals surface area contributed by atoms with Gasteiger partial charge in [0.2, 0.25) is 0 Å². The number of nitrogens with one attached hydrogen (secondary N) is 2. The topological polar surface area (TPSA) is 85.9 Å². The molecule has 0 spiro atoms. The van der Waals surface area contributed by atoms with Crippen LogP contribution in [0.5, 0.6) is 5.75 Å². The van der Waals surface area contributed by atoms with Gasteiger partial charge in [-0.25, -0.2) is 4.79 Å². The first-order valence-electron chi connectivity index (χ1n) is 9.61. The van der Waals surface area contributed by atoms with Crippen LogP contribution in [0.2, 0.25) is 0 Å². The molecule has 7 nitrogen and oxygen atoms in total. The molecule has 1 aromatic carbocycles. The van der Waals surface area contributed by atoms with Gasteiger partial charge in [-0.3, -0.25) is 10.1 Å². The smallest absolute Gasteiger partial charge is 0.341 e. The zero-order valence-corrected chi connectivity index (χ0v) is 18.5. The number of carbonyl (C=O) groups excluding carboxylic acids is 2. The predicted octanol–water partition coefficient (Wildman–Crippen LogP) is 3.57. The highest BCUT2D eigenvalue weighted by Gasteiger charge is 2.26. The molecular weight excluding hydrogens is 424 g/mol. The van der Waals surface area contributed by atoms with E-state index in [1.165, 1.54) is 18.4 Å². The maximum atomic E-state index is 12.7. The van der Waals surface area contributed by atoms with Gasteiger partial charge in [-0.2, -0.15) is 0 Å². The fraction of sp³-hybridized carbons (Fsp3) is 0.381. The summed E-state index contributed by atoms with van der Waals surface area (Å²) in [6, 6.07) is 6.90. The van der Waals surface area contributed by atoms with Gasteiger partial charge in [0.1, 0.15) is 17.4 Å². The molecule has 9 heteroatoms. The number of benzene rings is 1. The van der Waals surface area contributed by atoms with Crippen molar-refractivity contribution in [3.05, 3.63) is 45.8 Å². The van der Waals surface area contributed by atoms with Crippen molar-refractivity contribution in [3.63, 3.8) is 0 Å². The van der Waals surface area contributed by atoms with Gasteiger partial charge in [-0.15, -0.1) is 11.3 Å². The number of hydrogen-bond acceptors (Lipinski definition) is 7. The summed E-state index contributed by atoms with van der Waals surface area (Å²) in [5, 5.41) is 6.38. The zero-order chi connectivity index (χ0) is 21.5. The summed E-state index contributed by atoms with van der Waals surface area (Å²) in [4.78, 5) is 26.2. The van der Waals surface area contributed by atoms with Crippen LogP contribution < -0.4 is 15.4 Å². The second-order valence-electron chi connectivity index (χ2n) is 6.65. The minimum absolute atomic E-state index is 0.107. The van der Waals surface area contributed by atoms with Gasteiger partial charge in [-0.05, 0) is 55.6 Å². The van der Waals surface area contributed by atoms with Crippen molar-refractivity contribution in [3.8, 4) is 5.75 Å². The van der Waals surface area contributed by atoms with Crippen LogP contribution in [0.25, 0.3) is 0 Å². The molecule has 3 rings (SSSR count). The second kappa shape index (κ2) is 10.5. The number of carbonyl (C=O) groups is 2. The average molecular weight is 449 g/mol. The van der Waals surface area contributed by atoms with E-state index in [2.05, 4.69) is 10.6 Å². The van der Waals surface area contributed by atoms with E-state index in [-0.39, 0.29) is 5.11 Å². The number of methoxy groups -OCH3 is 2. The van der Waals surface area contributed by atoms with E-state index in [4.69, 9.17) is 26.4 Å². The SMILES string of the molecule is COCCOc1ccccc1C(=O)NC(=S)Nc1sc2c(c1C(=O)OC)CCCC2. The molecule has 2 N–H and O–H groups in total. The average Bonchev–Trinajstić information content (AvgIpc) is 3.11. The Morgan fingerprint density at radius 1 is 1.13 bits per heavy atom. The third kappa shape index (κ3) is 5.16. The van der Waals surface area contributed by atoms with Crippen LogP contribution in [-0.4, -0.2) is 44.4 Å². The molecule has 0 unspecified atom stereocenters. The van der Waals surface area contributed by atoms with Crippen molar-refractivity contribution in [1.82, 2.24) is 5.32 Å². The Bertz CT molecular complexity index is 941. The highest BCUT2D eigenvalue weighted by Crippen LogP contribution is 2.38. The summed E-state index contributed by atoms with van der Waals surface area (Å²) >= 11 is 6.82. The third-order valence-corrected chi connectivity index (χ3v) is 6.10. The van der Waals surface area contributed by atoms with Crippen LogP contribution in [-0.2, 0) is 22.3 Å². The van der Waals surface area contributed by atoms with Crippen LogP contribution in [0.1, 0.15) is 44.0 Å². The monoisotopic (exact) mass is 448 g/mol. The van der Waals surface area contributed by atoms with Crippen molar-refractivity contribution in [1.29, 1.82) is 0 Å². The maximum absolute atomic E-state index is 12.7. The molecule has 1 aliphatic rings. The van der Waals surface area contributed by atoms with Gasteiger partial charge in [0, 0.05) is 12.0 Å². The molecule has 0 aliphatic heterocycles. The summed E-state index contributed by atoms with van der Waals surface area (Å²) in [5.74, 6) is -0.360. The van der Waals surface area contributed by atoms with Crippen LogP contribution in [0, 0.1) is 0 Å². The van der Waals surface area contributed by atoms with E-state index in [1.54, 1.807) is 31.4 Å². The first-order chi connectivity index (χ1) is 14.5. The minimum atomic E-state index is -0.401. The van der Waals surface area contributed by atoms with Crippen LogP contribution in [0.3, 0.4) is 0 Å². The summed E-state index contributed by atoms with van der Waals surface area (Å²) in [5.41, 5.74) is 1.89. The minimum Gasteiger partial charge on any atom is -0.490 e. The first-order valence-corrected chi connectivity index (χ1v) is 10.8. The molecular formula is C21H24N2O5S2. The van der Waals surface area contributed by atoms with Crippen molar-refractivity contribution in [2.24, 2.45) is 0 Å². The Labute approximate surface area is 184 Å². The molecule has 1 heterocycles. The molecule has 30 heavy (non-hydrogen) atoms. The molecule has 160 valence electrons. The second-order valence-corrected chi connectivity index (χ2v) is 8.17. The number of aryl methyl sites for hydroxylation is 1. The van der Waals surface area contributed by atoms with Gasteiger partial charge in [0.15, 0.2) is 5.11 Å². The molecule has 0 saturated heterocycles. The van der Waals surface area contributed by atoms with Crippen LogP contribution in [0.15, 0.2) is 24.3 Å². The zero-order valence-electron chi connectivity index (χ0n) is 16.9. The molecule has 0 radical (unpaired) electrons. The normalized spacial score (nSPS) is 12.6.